The van der Waals surface area contributed by atoms with E-state index in [2.05, 4.69) is 26.1 Å². The standard InChI is InChI=1S/C25H31N5O6S/c1-6-14-10-19(21(31)26-11-15-8-7-9-17-16(15)12-28-30-17)37-20(14)22(32)29-18(23(33)35-5)13-27-24(34)36-25(2,3)4/h7-10,12,18H,6,11,13H2,1-5H3,(H,26,31)(H,27,34)(H,28,30)(H,29,32). The van der Waals surface area contributed by atoms with E-state index in [1.807, 2.05) is 25.1 Å². The lowest BCUT2D eigenvalue weighted by Crippen LogP contribution is -2.49. The largest absolute Gasteiger partial charge is 0.467 e. The van der Waals surface area contributed by atoms with Crippen molar-refractivity contribution in [3.63, 3.8) is 0 Å². The van der Waals surface area contributed by atoms with Crippen molar-refractivity contribution >= 4 is 46.1 Å². The van der Waals surface area contributed by atoms with Crippen LogP contribution in [0.15, 0.2) is 30.5 Å². The Hall–Kier alpha value is -3.93. The van der Waals surface area contributed by atoms with Gasteiger partial charge in [-0.1, -0.05) is 19.1 Å². The lowest BCUT2D eigenvalue weighted by molar-refractivity contribution is -0.142. The SMILES string of the molecule is CCc1cc(C(=O)NCc2cccc3[nH]ncc23)sc1C(=O)NC(CNC(=O)OC(C)(C)C)C(=O)OC. The summed E-state index contributed by atoms with van der Waals surface area (Å²) < 4.78 is 9.94. The molecule has 0 spiro atoms. The predicted octanol–water partition coefficient (Wildman–Crippen LogP) is 2.91. The lowest BCUT2D eigenvalue weighted by Gasteiger charge is -2.21. The number of aromatic amines is 1. The summed E-state index contributed by atoms with van der Waals surface area (Å²) in [5.41, 5.74) is 1.72. The molecule has 0 radical (unpaired) electrons. The Kier molecular flexibility index (Phi) is 8.87. The van der Waals surface area contributed by atoms with Gasteiger partial charge in [0.25, 0.3) is 11.8 Å². The maximum atomic E-state index is 13.1. The number of hydrogen-bond donors (Lipinski definition) is 4. The molecule has 2 heterocycles. The van der Waals surface area contributed by atoms with Gasteiger partial charge in [0.1, 0.15) is 11.6 Å². The number of hydrogen-bond acceptors (Lipinski definition) is 8. The Labute approximate surface area is 218 Å². The minimum absolute atomic E-state index is 0.229. The molecule has 1 unspecified atom stereocenters. The van der Waals surface area contributed by atoms with Crippen molar-refractivity contribution in [2.45, 2.75) is 52.3 Å². The maximum Gasteiger partial charge on any atom is 0.407 e. The second kappa shape index (κ2) is 11.9. The van der Waals surface area contributed by atoms with E-state index >= 15 is 0 Å². The minimum Gasteiger partial charge on any atom is -0.467 e. The summed E-state index contributed by atoms with van der Waals surface area (Å²) in [6.45, 7) is 7.05. The Morgan fingerprint density at radius 3 is 2.54 bits per heavy atom. The van der Waals surface area contributed by atoms with Crippen LogP contribution < -0.4 is 16.0 Å². The van der Waals surface area contributed by atoms with E-state index in [9.17, 15) is 19.2 Å². The zero-order chi connectivity index (χ0) is 27.2. The summed E-state index contributed by atoms with van der Waals surface area (Å²) in [4.78, 5) is 50.8. The number of H-pyrrole nitrogens is 1. The van der Waals surface area contributed by atoms with Crippen LogP contribution in [0.4, 0.5) is 4.79 Å². The Balaban J connectivity index is 1.68. The predicted molar refractivity (Wildman–Crippen MR) is 138 cm³/mol. The summed E-state index contributed by atoms with van der Waals surface area (Å²) in [6.07, 6.45) is 1.47. The molecule has 1 aromatic carbocycles. The normalized spacial score (nSPS) is 12.0. The first-order valence-electron chi connectivity index (χ1n) is 11.7. The first-order chi connectivity index (χ1) is 17.5. The molecule has 0 bridgehead atoms. The van der Waals surface area contributed by atoms with Gasteiger partial charge in [0.15, 0.2) is 0 Å². The number of fused-ring (bicyclic) bond motifs is 1. The number of carbonyl (C=O) groups excluding carboxylic acids is 4. The summed E-state index contributed by atoms with van der Waals surface area (Å²) in [6, 6.07) is 6.20. The maximum absolute atomic E-state index is 13.1. The number of methoxy groups -OCH3 is 1. The number of ether oxygens (including phenoxy) is 2. The number of amides is 3. The topological polar surface area (TPSA) is 152 Å². The van der Waals surface area contributed by atoms with E-state index in [1.165, 1.54) is 7.11 Å². The first kappa shape index (κ1) is 27.7. The van der Waals surface area contributed by atoms with Gasteiger partial charge in [-0.15, -0.1) is 11.3 Å². The fourth-order valence-corrected chi connectivity index (χ4v) is 4.57. The van der Waals surface area contributed by atoms with Crippen LogP contribution in [0.5, 0.6) is 0 Å². The average molecular weight is 530 g/mol. The number of rotatable bonds is 9. The van der Waals surface area contributed by atoms with Gasteiger partial charge in [-0.05, 0) is 50.5 Å². The van der Waals surface area contributed by atoms with Gasteiger partial charge < -0.3 is 25.4 Å². The van der Waals surface area contributed by atoms with E-state index in [4.69, 9.17) is 9.47 Å². The van der Waals surface area contributed by atoms with E-state index in [-0.39, 0.29) is 19.0 Å². The number of nitrogens with one attached hydrogen (secondary N) is 4. The van der Waals surface area contributed by atoms with E-state index < -0.39 is 29.6 Å². The Morgan fingerprint density at radius 1 is 1.11 bits per heavy atom. The minimum atomic E-state index is -1.15. The van der Waals surface area contributed by atoms with Crippen LogP contribution in [-0.2, 0) is 27.2 Å². The zero-order valence-corrected chi connectivity index (χ0v) is 22.2. The molecule has 0 aliphatic heterocycles. The molecule has 0 aliphatic carbocycles. The fourth-order valence-electron chi connectivity index (χ4n) is 3.50. The molecule has 0 saturated carbocycles. The summed E-state index contributed by atoms with van der Waals surface area (Å²) >= 11 is 1.03. The third-order valence-electron chi connectivity index (χ3n) is 5.27. The fraction of sp³-hybridized carbons (Fsp3) is 0.400. The van der Waals surface area contributed by atoms with Crippen LogP contribution in [0.2, 0.25) is 0 Å². The van der Waals surface area contributed by atoms with Gasteiger partial charge in [0, 0.05) is 11.9 Å². The van der Waals surface area contributed by atoms with E-state index in [1.54, 1.807) is 33.0 Å². The van der Waals surface area contributed by atoms with Gasteiger partial charge in [-0.25, -0.2) is 9.59 Å². The van der Waals surface area contributed by atoms with Crippen LogP contribution in [-0.4, -0.2) is 59.4 Å². The molecule has 4 N–H and O–H groups in total. The third-order valence-corrected chi connectivity index (χ3v) is 6.45. The first-order valence-corrected chi connectivity index (χ1v) is 12.5. The Bertz CT molecular complexity index is 1290. The van der Waals surface area contributed by atoms with Gasteiger partial charge in [0.05, 0.1) is 35.1 Å². The van der Waals surface area contributed by atoms with Gasteiger partial charge >= 0.3 is 12.1 Å². The molecule has 11 nitrogen and oxygen atoms in total. The number of aromatic nitrogens is 2. The highest BCUT2D eigenvalue weighted by Gasteiger charge is 2.27. The monoisotopic (exact) mass is 529 g/mol. The molecule has 198 valence electrons. The molecule has 3 rings (SSSR count). The molecule has 0 aliphatic rings. The van der Waals surface area contributed by atoms with E-state index in [0.717, 1.165) is 27.8 Å². The van der Waals surface area contributed by atoms with Crippen molar-refractivity contribution in [3.8, 4) is 0 Å². The summed E-state index contributed by atoms with van der Waals surface area (Å²) in [7, 11) is 1.18. The smallest absolute Gasteiger partial charge is 0.407 e. The van der Waals surface area contributed by atoms with E-state index in [0.29, 0.717) is 21.7 Å². The lowest BCUT2D eigenvalue weighted by atomic mass is 10.1. The molecule has 3 aromatic rings. The van der Waals surface area contributed by atoms with Gasteiger partial charge in [-0.2, -0.15) is 5.10 Å². The molecule has 0 fully saturated rings. The molecule has 0 saturated heterocycles. The zero-order valence-electron chi connectivity index (χ0n) is 21.4. The Morgan fingerprint density at radius 2 is 1.86 bits per heavy atom. The molecular formula is C25H31N5O6S. The van der Waals surface area contributed by atoms with Crippen molar-refractivity contribution in [2.75, 3.05) is 13.7 Å². The average Bonchev–Trinajstić information content (AvgIpc) is 3.51. The van der Waals surface area contributed by atoms with Crippen molar-refractivity contribution < 1.29 is 28.7 Å². The summed E-state index contributed by atoms with van der Waals surface area (Å²) in [5.74, 6) is -1.61. The number of alkyl carbamates (subject to hydrolysis) is 1. The molecular weight excluding hydrogens is 498 g/mol. The van der Waals surface area contributed by atoms with Crippen LogP contribution >= 0.6 is 11.3 Å². The van der Waals surface area contributed by atoms with Crippen LogP contribution in [0, 0.1) is 0 Å². The van der Waals surface area contributed by atoms with Gasteiger partial charge in [-0.3, -0.25) is 14.7 Å². The van der Waals surface area contributed by atoms with Crippen LogP contribution in [0.25, 0.3) is 10.9 Å². The highest BCUT2D eigenvalue weighted by molar-refractivity contribution is 7.16. The summed E-state index contributed by atoms with van der Waals surface area (Å²) in [5, 5.41) is 15.8. The number of nitrogens with zero attached hydrogens (tertiary/aromatic N) is 1. The molecule has 12 heteroatoms. The molecule has 3 amide bonds. The van der Waals surface area contributed by atoms with Crippen LogP contribution in [0.3, 0.4) is 0 Å². The number of aryl methyl sites for hydroxylation is 1. The molecule has 2 aromatic heterocycles. The number of carbonyl (C=O) groups is 4. The second-order valence-electron chi connectivity index (χ2n) is 9.18. The highest BCUT2D eigenvalue weighted by Crippen LogP contribution is 2.24. The number of benzene rings is 1. The van der Waals surface area contributed by atoms with Gasteiger partial charge in [0.2, 0.25) is 0 Å². The number of thiophene rings is 1. The molecule has 1 atom stereocenters. The number of esters is 1. The van der Waals surface area contributed by atoms with Crippen molar-refractivity contribution in [1.29, 1.82) is 0 Å². The van der Waals surface area contributed by atoms with Crippen molar-refractivity contribution in [3.05, 3.63) is 51.3 Å². The quantitative estimate of drug-likeness (QED) is 0.311. The second-order valence-corrected chi connectivity index (χ2v) is 10.2. The third kappa shape index (κ3) is 7.29. The molecule has 37 heavy (non-hydrogen) atoms. The van der Waals surface area contributed by atoms with Crippen molar-refractivity contribution in [2.24, 2.45) is 0 Å². The van der Waals surface area contributed by atoms with Crippen LogP contribution in [0.1, 0.15) is 58.2 Å². The highest BCUT2D eigenvalue weighted by atomic mass is 32.1. The van der Waals surface area contributed by atoms with Crippen molar-refractivity contribution in [1.82, 2.24) is 26.1 Å².